The number of rotatable bonds is 7. The van der Waals surface area contributed by atoms with Gasteiger partial charge in [0.25, 0.3) is 0 Å². The van der Waals surface area contributed by atoms with E-state index in [0.717, 1.165) is 6.26 Å². The van der Waals surface area contributed by atoms with E-state index < -0.39 is 10.0 Å². The number of nitrogens with one attached hydrogen (secondary N) is 2. The molecule has 102 valence electrons. The molecule has 0 saturated carbocycles. The standard InChI is InChI=1S/C10H18N4O3S/c1-8(2)17-10-6-9(12-7-13-10)11-4-5-14-18(3,15)16/h6-8,14H,4-5H2,1-3H3,(H,11,12,13). The Balaban J connectivity index is 2.43. The topological polar surface area (TPSA) is 93.2 Å². The summed E-state index contributed by atoms with van der Waals surface area (Å²) in [6.07, 6.45) is 2.55. The van der Waals surface area contributed by atoms with Gasteiger partial charge in [-0.2, -0.15) is 0 Å². The number of aromatic nitrogens is 2. The molecule has 18 heavy (non-hydrogen) atoms. The molecule has 0 unspecified atom stereocenters. The Morgan fingerprint density at radius 3 is 2.67 bits per heavy atom. The Labute approximate surface area is 107 Å². The van der Waals surface area contributed by atoms with Crippen LogP contribution in [0.4, 0.5) is 5.82 Å². The second-order valence-electron chi connectivity index (χ2n) is 4.00. The van der Waals surface area contributed by atoms with Crippen molar-refractivity contribution in [2.45, 2.75) is 20.0 Å². The van der Waals surface area contributed by atoms with Crippen LogP contribution in [0.5, 0.6) is 5.88 Å². The van der Waals surface area contributed by atoms with E-state index in [0.29, 0.717) is 24.8 Å². The van der Waals surface area contributed by atoms with Crippen LogP contribution in [0.15, 0.2) is 12.4 Å². The van der Waals surface area contributed by atoms with Gasteiger partial charge in [0.1, 0.15) is 12.1 Å². The zero-order valence-corrected chi connectivity index (χ0v) is 11.5. The molecule has 1 rings (SSSR count). The van der Waals surface area contributed by atoms with Crippen LogP contribution in [0.1, 0.15) is 13.8 Å². The molecule has 1 aromatic rings. The van der Waals surface area contributed by atoms with E-state index in [9.17, 15) is 8.42 Å². The molecule has 0 fully saturated rings. The van der Waals surface area contributed by atoms with Gasteiger partial charge in [0.15, 0.2) is 0 Å². The maximum atomic E-state index is 10.8. The number of nitrogens with zero attached hydrogens (tertiary/aromatic N) is 2. The average molecular weight is 274 g/mol. The van der Waals surface area contributed by atoms with E-state index >= 15 is 0 Å². The first-order valence-electron chi connectivity index (χ1n) is 5.54. The van der Waals surface area contributed by atoms with Crippen molar-refractivity contribution in [3.63, 3.8) is 0 Å². The van der Waals surface area contributed by atoms with Crippen LogP contribution in [0, 0.1) is 0 Å². The van der Waals surface area contributed by atoms with Crippen LogP contribution in [0.3, 0.4) is 0 Å². The van der Waals surface area contributed by atoms with Crippen LogP contribution < -0.4 is 14.8 Å². The van der Waals surface area contributed by atoms with Gasteiger partial charge in [0.05, 0.1) is 12.4 Å². The van der Waals surface area contributed by atoms with Crippen molar-refractivity contribution in [1.29, 1.82) is 0 Å². The van der Waals surface area contributed by atoms with Gasteiger partial charge in [-0.3, -0.25) is 0 Å². The van der Waals surface area contributed by atoms with Gasteiger partial charge in [-0.05, 0) is 13.8 Å². The van der Waals surface area contributed by atoms with Gasteiger partial charge in [-0.1, -0.05) is 0 Å². The summed E-state index contributed by atoms with van der Waals surface area (Å²) in [4.78, 5) is 7.96. The molecular weight excluding hydrogens is 256 g/mol. The molecule has 8 heteroatoms. The molecule has 1 aromatic heterocycles. The lowest BCUT2D eigenvalue weighted by molar-refractivity contribution is 0.232. The monoisotopic (exact) mass is 274 g/mol. The van der Waals surface area contributed by atoms with E-state index in [1.807, 2.05) is 13.8 Å². The van der Waals surface area contributed by atoms with Gasteiger partial charge in [-0.25, -0.2) is 23.1 Å². The number of ether oxygens (including phenoxy) is 1. The van der Waals surface area contributed by atoms with Gasteiger partial charge >= 0.3 is 0 Å². The zero-order valence-electron chi connectivity index (χ0n) is 10.7. The highest BCUT2D eigenvalue weighted by Crippen LogP contribution is 2.11. The van der Waals surface area contributed by atoms with Crippen molar-refractivity contribution in [1.82, 2.24) is 14.7 Å². The minimum Gasteiger partial charge on any atom is -0.475 e. The number of sulfonamides is 1. The van der Waals surface area contributed by atoms with Gasteiger partial charge in [0.2, 0.25) is 15.9 Å². The van der Waals surface area contributed by atoms with E-state index in [4.69, 9.17) is 4.74 Å². The Hall–Kier alpha value is -1.41. The minimum atomic E-state index is -3.15. The first kappa shape index (κ1) is 14.7. The second-order valence-corrected chi connectivity index (χ2v) is 5.83. The molecule has 2 N–H and O–H groups in total. The van der Waals surface area contributed by atoms with Gasteiger partial charge in [-0.15, -0.1) is 0 Å². The molecule has 0 aliphatic carbocycles. The van der Waals surface area contributed by atoms with E-state index in [2.05, 4.69) is 20.0 Å². The molecule has 0 spiro atoms. The van der Waals surface area contributed by atoms with Crippen LogP contribution in [-0.2, 0) is 10.0 Å². The fraction of sp³-hybridized carbons (Fsp3) is 0.600. The molecule has 7 nitrogen and oxygen atoms in total. The first-order valence-corrected chi connectivity index (χ1v) is 7.43. The van der Waals surface area contributed by atoms with Crippen molar-refractivity contribution in [3.8, 4) is 5.88 Å². The fourth-order valence-electron chi connectivity index (χ4n) is 1.17. The maximum absolute atomic E-state index is 10.8. The lowest BCUT2D eigenvalue weighted by atomic mass is 10.4. The Morgan fingerprint density at radius 1 is 1.33 bits per heavy atom. The third-order valence-electron chi connectivity index (χ3n) is 1.79. The summed E-state index contributed by atoms with van der Waals surface area (Å²) in [5.74, 6) is 1.08. The second kappa shape index (κ2) is 6.50. The quantitative estimate of drug-likeness (QED) is 0.691. The Kier molecular flexibility index (Phi) is 5.29. The maximum Gasteiger partial charge on any atom is 0.218 e. The molecule has 1 heterocycles. The average Bonchev–Trinajstić information content (AvgIpc) is 2.23. The SMILES string of the molecule is CC(C)Oc1cc(NCCNS(C)(=O)=O)ncn1. The van der Waals surface area contributed by atoms with Crippen molar-refractivity contribution < 1.29 is 13.2 Å². The van der Waals surface area contributed by atoms with Gasteiger partial charge < -0.3 is 10.1 Å². The van der Waals surface area contributed by atoms with Crippen LogP contribution in [-0.4, -0.2) is 43.8 Å². The summed E-state index contributed by atoms with van der Waals surface area (Å²) in [7, 11) is -3.15. The molecule has 0 aromatic carbocycles. The lowest BCUT2D eigenvalue weighted by Crippen LogP contribution is -2.27. The highest BCUT2D eigenvalue weighted by Gasteiger charge is 2.02. The predicted molar refractivity (Wildman–Crippen MR) is 69.1 cm³/mol. The van der Waals surface area contributed by atoms with E-state index in [1.165, 1.54) is 6.33 Å². The highest BCUT2D eigenvalue weighted by atomic mass is 32.2. The minimum absolute atomic E-state index is 0.0413. The summed E-state index contributed by atoms with van der Waals surface area (Å²) < 4.78 is 29.5. The highest BCUT2D eigenvalue weighted by molar-refractivity contribution is 7.88. The molecular formula is C10H18N4O3S. The number of hydrogen-bond acceptors (Lipinski definition) is 6. The summed E-state index contributed by atoms with van der Waals surface area (Å²) in [5, 5.41) is 2.97. The Bertz CT molecular complexity index is 476. The van der Waals surface area contributed by atoms with E-state index in [1.54, 1.807) is 6.07 Å². The predicted octanol–water partition coefficient (Wildman–Crippen LogP) is 0.225. The molecule has 0 aliphatic heterocycles. The summed E-state index contributed by atoms with van der Waals surface area (Å²) in [6.45, 7) is 4.55. The zero-order chi connectivity index (χ0) is 13.6. The fourth-order valence-corrected chi connectivity index (χ4v) is 1.64. The van der Waals surface area contributed by atoms with E-state index in [-0.39, 0.29) is 6.10 Å². The number of anilines is 1. The Morgan fingerprint density at radius 2 is 2.06 bits per heavy atom. The lowest BCUT2D eigenvalue weighted by Gasteiger charge is -2.10. The van der Waals surface area contributed by atoms with Gasteiger partial charge in [0, 0.05) is 19.2 Å². The normalized spacial score (nSPS) is 11.6. The third kappa shape index (κ3) is 6.36. The van der Waals surface area contributed by atoms with Crippen molar-refractivity contribution in [2.24, 2.45) is 0 Å². The summed E-state index contributed by atoms with van der Waals surface area (Å²) in [6, 6.07) is 1.67. The summed E-state index contributed by atoms with van der Waals surface area (Å²) in [5.41, 5.74) is 0. The third-order valence-corrected chi connectivity index (χ3v) is 2.52. The molecule has 0 saturated heterocycles. The van der Waals surface area contributed by atoms with Crippen molar-refractivity contribution in [2.75, 3.05) is 24.7 Å². The van der Waals surface area contributed by atoms with Crippen molar-refractivity contribution >= 4 is 15.8 Å². The molecule has 0 atom stereocenters. The summed E-state index contributed by atoms with van der Waals surface area (Å²) >= 11 is 0. The molecule has 0 amide bonds. The number of hydrogen-bond donors (Lipinski definition) is 2. The van der Waals surface area contributed by atoms with Crippen LogP contribution >= 0.6 is 0 Å². The smallest absolute Gasteiger partial charge is 0.218 e. The van der Waals surface area contributed by atoms with Crippen molar-refractivity contribution in [3.05, 3.63) is 12.4 Å². The van der Waals surface area contributed by atoms with Crippen LogP contribution in [0.2, 0.25) is 0 Å². The largest absolute Gasteiger partial charge is 0.475 e. The van der Waals surface area contributed by atoms with Crippen LogP contribution in [0.25, 0.3) is 0 Å². The first-order chi connectivity index (χ1) is 8.37. The molecule has 0 aliphatic rings. The molecule has 0 bridgehead atoms. The molecule has 0 radical (unpaired) electrons.